The summed E-state index contributed by atoms with van der Waals surface area (Å²) >= 11 is 0. The van der Waals surface area contributed by atoms with E-state index in [2.05, 4.69) is 18.7 Å². The Morgan fingerprint density at radius 1 is 1.00 bits per heavy atom. The van der Waals surface area contributed by atoms with Crippen molar-refractivity contribution in [3.63, 3.8) is 0 Å². The molecule has 0 radical (unpaired) electrons. The predicted octanol–water partition coefficient (Wildman–Crippen LogP) is 5.40. The van der Waals surface area contributed by atoms with Gasteiger partial charge in [0.2, 0.25) is 0 Å². The lowest BCUT2D eigenvalue weighted by molar-refractivity contribution is -0.139. The van der Waals surface area contributed by atoms with Crippen LogP contribution < -0.4 is 0 Å². The number of alkyl halides is 1. The normalized spacial score (nSPS) is 52.8. The van der Waals surface area contributed by atoms with Crippen LogP contribution in [0.15, 0.2) is 0 Å². The summed E-state index contributed by atoms with van der Waals surface area (Å²) < 4.78 is 15.4. The zero-order valence-corrected chi connectivity index (χ0v) is 20.0. The van der Waals surface area contributed by atoms with Gasteiger partial charge in [-0.2, -0.15) is 0 Å². The van der Waals surface area contributed by atoms with E-state index in [4.69, 9.17) is 0 Å². The lowest BCUT2D eigenvalue weighted by Gasteiger charge is -2.57. The summed E-state index contributed by atoms with van der Waals surface area (Å²) in [7, 11) is 0. The minimum atomic E-state index is -0.774. The number of carbonyl (C=O) groups excluding carboxylic acids is 1. The van der Waals surface area contributed by atoms with Gasteiger partial charge in [0.25, 0.3) is 0 Å². The van der Waals surface area contributed by atoms with Gasteiger partial charge in [0, 0.05) is 12.0 Å². The number of fused-ring (bicyclic) bond motifs is 5. The van der Waals surface area contributed by atoms with Crippen molar-refractivity contribution in [2.24, 2.45) is 40.9 Å². The van der Waals surface area contributed by atoms with Gasteiger partial charge in [0.15, 0.2) is 0 Å². The fourth-order valence-electron chi connectivity index (χ4n) is 9.23. The molecule has 5 fully saturated rings. The number of carbonyl (C=O) groups is 1. The minimum absolute atomic E-state index is 0.0498. The molecule has 0 unspecified atom stereocenters. The van der Waals surface area contributed by atoms with Gasteiger partial charge in [-0.25, -0.2) is 4.39 Å². The summed E-state index contributed by atoms with van der Waals surface area (Å²) in [5.41, 5.74) is -0.609. The highest BCUT2D eigenvalue weighted by Gasteiger charge is 2.60. The Morgan fingerprint density at radius 3 is 2.52 bits per heavy atom. The van der Waals surface area contributed by atoms with Gasteiger partial charge in [0.05, 0.1) is 12.1 Å². The third-order valence-corrected chi connectivity index (χ3v) is 10.9. The number of likely N-dealkylation sites (tertiary alicyclic amines) is 1. The summed E-state index contributed by atoms with van der Waals surface area (Å²) in [6.45, 7) is 8.26. The Kier molecular flexibility index (Phi) is 5.82. The van der Waals surface area contributed by atoms with Crippen LogP contribution in [-0.2, 0) is 4.79 Å². The molecule has 0 spiro atoms. The van der Waals surface area contributed by atoms with Crippen LogP contribution in [0.1, 0.15) is 91.4 Å². The molecular weight excluding hydrogens is 389 g/mol. The molecule has 1 aliphatic heterocycles. The van der Waals surface area contributed by atoms with E-state index in [-0.39, 0.29) is 17.3 Å². The van der Waals surface area contributed by atoms with Crippen LogP contribution in [0.5, 0.6) is 0 Å². The summed E-state index contributed by atoms with van der Waals surface area (Å²) in [4.78, 5) is 15.9. The molecule has 1 heterocycles. The van der Waals surface area contributed by atoms with E-state index in [1.54, 1.807) is 0 Å². The summed E-state index contributed by atoms with van der Waals surface area (Å²) in [6.07, 6.45) is 10.5. The standard InChI is InChI=1S/C27H44FNO2/c1-17-6-4-5-13-29(17)16-25(30)23-8-7-22-20-14-24(28)21-15-26(2,31)11-9-19(21)18(20)10-12-27(22,23)3/h17-24,31H,4-16H2,1-3H3/t17-,18-,19-,20-,21+,22+,23-,24-,26-,27+/m1/s1. The van der Waals surface area contributed by atoms with Crippen molar-refractivity contribution < 1.29 is 14.3 Å². The molecule has 0 aromatic heterocycles. The number of piperidine rings is 1. The first kappa shape index (κ1) is 22.3. The average Bonchev–Trinajstić information content (AvgIpc) is 3.07. The lowest BCUT2D eigenvalue weighted by Crippen LogP contribution is -2.54. The van der Waals surface area contributed by atoms with E-state index in [0.717, 1.165) is 45.1 Å². The van der Waals surface area contributed by atoms with Crippen LogP contribution in [0.4, 0.5) is 4.39 Å². The molecule has 176 valence electrons. The minimum Gasteiger partial charge on any atom is -0.390 e. The molecule has 4 saturated carbocycles. The highest BCUT2D eigenvalue weighted by atomic mass is 19.1. The zero-order valence-electron chi connectivity index (χ0n) is 20.0. The van der Waals surface area contributed by atoms with E-state index < -0.39 is 11.8 Å². The number of aliphatic hydroxyl groups is 1. The third kappa shape index (κ3) is 3.82. The van der Waals surface area contributed by atoms with Crippen molar-refractivity contribution in [2.75, 3.05) is 13.1 Å². The first-order valence-electron chi connectivity index (χ1n) is 13.3. The van der Waals surface area contributed by atoms with Crippen molar-refractivity contribution in [3.05, 3.63) is 0 Å². The molecule has 5 rings (SSSR count). The van der Waals surface area contributed by atoms with E-state index in [0.29, 0.717) is 54.9 Å². The number of nitrogens with zero attached hydrogens (tertiary/aromatic N) is 1. The Labute approximate surface area is 188 Å². The topological polar surface area (TPSA) is 40.5 Å². The number of ketones is 1. The molecule has 1 saturated heterocycles. The Balaban J connectivity index is 1.30. The molecular formula is C27H44FNO2. The second kappa shape index (κ2) is 8.08. The van der Waals surface area contributed by atoms with Crippen molar-refractivity contribution >= 4 is 5.78 Å². The fourth-order valence-corrected chi connectivity index (χ4v) is 9.23. The Morgan fingerprint density at radius 2 is 1.74 bits per heavy atom. The number of rotatable bonds is 3. The molecule has 0 bridgehead atoms. The van der Waals surface area contributed by atoms with Crippen molar-refractivity contribution in [1.82, 2.24) is 4.90 Å². The van der Waals surface area contributed by atoms with Gasteiger partial charge < -0.3 is 5.11 Å². The smallest absolute Gasteiger partial charge is 0.150 e. The maximum Gasteiger partial charge on any atom is 0.150 e. The summed E-state index contributed by atoms with van der Waals surface area (Å²) in [5.74, 6) is 2.72. The lowest BCUT2D eigenvalue weighted by atomic mass is 9.48. The molecule has 4 aliphatic carbocycles. The molecule has 0 amide bonds. The summed E-state index contributed by atoms with van der Waals surface area (Å²) in [5, 5.41) is 10.6. The summed E-state index contributed by atoms with van der Waals surface area (Å²) in [6, 6.07) is 0.532. The van der Waals surface area contributed by atoms with Crippen molar-refractivity contribution in [2.45, 2.75) is 109 Å². The van der Waals surface area contributed by atoms with Crippen molar-refractivity contribution in [1.29, 1.82) is 0 Å². The average molecular weight is 434 g/mol. The van der Waals surface area contributed by atoms with Gasteiger partial charge in [0.1, 0.15) is 12.0 Å². The molecule has 0 aromatic rings. The molecule has 31 heavy (non-hydrogen) atoms. The maximum absolute atomic E-state index is 15.4. The SMILES string of the molecule is C[C@@H]1CCCCN1CC(=O)[C@H]1CC[C@H]2[C@@H]3C[C@@H](F)[C@H]4C[C@](C)(O)CC[C@@H]4[C@H]3CC[C@]12C. The van der Waals surface area contributed by atoms with E-state index in [1.807, 2.05) is 6.92 Å². The molecule has 1 N–H and O–H groups in total. The van der Waals surface area contributed by atoms with E-state index >= 15 is 4.39 Å². The number of hydrogen-bond acceptors (Lipinski definition) is 3. The van der Waals surface area contributed by atoms with Gasteiger partial charge in [-0.05, 0) is 120 Å². The molecule has 10 atom stereocenters. The van der Waals surface area contributed by atoms with Gasteiger partial charge in [-0.3, -0.25) is 9.69 Å². The quantitative estimate of drug-likeness (QED) is 0.648. The Hall–Kier alpha value is -0.480. The number of halogens is 1. The van der Waals surface area contributed by atoms with Crippen LogP contribution >= 0.6 is 0 Å². The first-order valence-corrected chi connectivity index (χ1v) is 13.3. The number of hydrogen-bond donors (Lipinski definition) is 1. The van der Waals surface area contributed by atoms with Crippen LogP contribution in [-0.4, -0.2) is 46.7 Å². The van der Waals surface area contributed by atoms with Crippen LogP contribution in [0.25, 0.3) is 0 Å². The number of Topliss-reactive ketones (excluding diaryl/α,β-unsaturated/α-hetero) is 1. The highest BCUT2D eigenvalue weighted by molar-refractivity contribution is 5.84. The third-order valence-electron chi connectivity index (χ3n) is 10.9. The van der Waals surface area contributed by atoms with Gasteiger partial charge in [-0.15, -0.1) is 0 Å². The van der Waals surface area contributed by atoms with Gasteiger partial charge >= 0.3 is 0 Å². The van der Waals surface area contributed by atoms with Crippen LogP contribution in [0, 0.1) is 40.9 Å². The molecule has 4 heteroatoms. The monoisotopic (exact) mass is 433 g/mol. The van der Waals surface area contributed by atoms with Crippen LogP contribution in [0.2, 0.25) is 0 Å². The largest absolute Gasteiger partial charge is 0.390 e. The molecule has 0 aromatic carbocycles. The second-order valence-corrected chi connectivity index (χ2v) is 12.7. The molecule has 5 aliphatic rings. The van der Waals surface area contributed by atoms with Crippen molar-refractivity contribution in [3.8, 4) is 0 Å². The fraction of sp³-hybridized carbons (Fsp3) is 0.963. The maximum atomic E-state index is 15.4. The van der Waals surface area contributed by atoms with Crippen LogP contribution in [0.3, 0.4) is 0 Å². The molecule has 3 nitrogen and oxygen atoms in total. The highest BCUT2D eigenvalue weighted by Crippen LogP contribution is 2.65. The van der Waals surface area contributed by atoms with Gasteiger partial charge in [-0.1, -0.05) is 13.3 Å². The zero-order chi connectivity index (χ0) is 22.0. The van der Waals surface area contributed by atoms with E-state index in [9.17, 15) is 9.90 Å². The Bertz CT molecular complexity index is 695. The van der Waals surface area contributed by atoms with E-state index in [1.165, 1.54) is 19.3 Å². The first-order chi connectivity index (χ1) is 14.7. The predicted molar refractivity (Wildman–Crippen MR) is 121 cm³/mol. The second-order valence-electron chi connectivity index (χ2n) is 12.7.